The minimum absolute atomic E-state index is 0.409. The zero-order valence-electron chi connectivity index (χ0n) is 13.4. The Morgan fingerprint density at radius 3 is 1.65 bits per heavy atom. The average molecular weight is 367 g/mol. The topological polar surface area (TPSA) is 101 Å². The Hall–Kier alpha value is -3.13. The van der Waals surface area contributed by atoms with Gasteiger partial charge in [-0.3, -0.25) is 0 Å². The van der Waals surface area contributed by atoms with E-state index < -0.39 is 29.7 Å². The first-order valence-corrected chi connectivity index (χ1v) is 7.23. The maximum atomic E-state index is 12.4. The first-order chi connectivity index (χ1) is 12.1. The van der Waals surface area contributed by atoms with Gasteiger partial charge >= 0.3 is 18.1 Å². The summed E-state index contributed by atoms with van der Waals surface area (Å²) in [6, 6.07) is 13.8. The van der Waals surface area contributed by atoms with E-state index in [-0.39, 0.29) is 0 Å². The number of rotatable bonds is 4. The van der Waals surface area contributed by atoms with Crippen molar-refractivity contribution in [1.29, 1.82) is 0 Å². The molecule has 0 saturated heterocycles. The van der Waals surface area contributed by atoms with Gasteiger partial charge in [-0.1, -0.05) is 42.5 Å². The van der Waals surface area contributed by atoms with E-state index in [9.17, 15) is 22.8 Å². The third-order valence-corrected chi connectivity index (χ3v) is 3.12. The van der Waals surface area contributed by atoms with Crippen LogP contribution in [0.4, 0.5) is 13.2 Å². The van der Waals surface area contributed by atoms with E-state index in [0.29, 0.717) is 17.7 Å². The van der Waals surface area contributed by atoms with Crippen LogP contribution in [0.1, 0.15) is 22.7 Å². The highest BCUT2D eigenvalue weighted by Gasteiger charge is 2.30. The van der Waals surface area contributed by atoms with Gasteiger partial charge in [0, 0.05) is 12.2 Å². The molecule has 0 aliphatic heterocycles. The third kappa shape index (κ3) is 7.18. The number of carboxylic acids is 2. The lowest BCUT2D eigenvalue weighted by atomic mass is 9.98. The maximum Gasteiger partial charge on any atom is 0.416 e. The molecule has 0 heterocycles. The van der Waals surface area contributed by atoms with Crippen LogP contribution in [0.15, 0.2) is 66.7 Å². The minimum Gasteiger partial charge on any atom is -0.478 e. The molecule has 138 valence electrons. The molecule has 0 radical (unpaired) electrons. The van der Waals surface area contributed by atoms with E-state index in [4.69, 9.17) is 15.9 Å². The Bertz CT molecular complexity index is 740. The Morgan fingerprint density at radius 1 is 0.846 bits per heavy atom. The monoisotopic (exact) mass is 367 g/mol. The van der Waals surface area contributed by atoms with Crippen molar-refractivity contribution < 1.29 is 33.0 Å². The molecule has 26 heavy (non-hydrogen) atoms. The highest BCUT2D eigenvalue weighted by atomic mass is 19.4. The first-order valence-electron chi connectivity index (χ1n) is 7.23. The second kappa shape index (κ2) is 9.38. The summed E-state index contributed by atoms with van der Waals surface area (Å²) in [7, 11) is 0. The smallest absolute Gasteiger partial charge is 0.416 e. The van der Waals surface area contributed by atoms with Crippen molar-refractivity contribution in [3.05, 3.63) is 83.4 Å². The first kappa shape index (κ1) is 20.9. The standard InChI is InChI=1S/C14H12F3N.C4H4O4/c15-14(16,17)12-8-6-11(7-9-12)13(18)10-4-2-1-3-5-10;5-3(6)1-2-4(7)8/h1-9,13H,18H2;1-2H,(H,5,6)(H,7,8)/b;2-1-. The van der Waals surface area contributed by atoms with E-state index in [0.717, 1.165) is 17.7 Å². The van der Waals surface area contributed by atoms with Crippen molar-refractivity contribution >= 4 is 11.9 Å². The summed E-state index contributed by atoms with van der Waals surface area (Å²) in [5.74, 6) is -2.51. The normalized spacial score (nSPS) is 12.2. The number of aliphatic carboxylic acids is 2. The SMILES string of the molecule is NC(c1ccccc1)c1ccc(C(F)(F)F)cc1.O=C(O)/C=C\C(=O)O. The Kier molecular flexibility index (Phi) is 7.54. The predicted molar refractivity (Wildman–Crippen MR) is 88.3 cm³/mol. The molecule has 1 unspecified atom stereocenters. The lowest BCUT2D eigenvalue weighted by molar-refractivity contribution is -0.137. The van der Waals surface area contributed by atoms with Crippen LogP contribution in [0.5, 0.6) is 0 Å². The van der Waals surface area contributed by atoms with E-state index in [2.05, 4.69) is 0 Å². The van der Waals surface area contributed by atoms with Crippen molar-refractivity contribution in [2.75, 3.05) is 0 Å². The molecule has 0 aliphatic carbocycles. The van der Waals surface area contributed by atoms with Crippen LogP contribution in [0.3, 0.4) is 0 Å². The van der Waals surface area contributed by atoms with Crippen molar-refractivity contribution in [3.8, 4) is 0 Å². The Balaban J connectivity index is 0.000000359. The van der Waals surface area contributed by atoms with Gasteiger partial charge in [0.1, 0.15) is 0 Å². The van der Waals surface area contributed by atoms with Gasteiger partial charge in [-0.25, -0.2) is 9.59 Å². The van der Waals surface area contributed by atoms with E-state index in [1.165, 1.54) is 12.1 Å². The van der Waals surface area contributed by atoms with Crippen LogP contribution in [0, 0.1) is 0 Å². The molecular formula is C18H16F3NO4. The largest absolute Gasteiger partial charge is 0.478 e. The zero-order valence-corrected chi connectivity index (χ0v) is 13.4. The molecule has 0 amide bonds. The number of carboxylic acid groups (broad SMARTS) is 2. The molecule has 2 aromatic carbocycles. The number of benzene rings is 2. The molecule has 0 fully saturated rings. The number of hydrogen-bond donors (Lipinski definition) is 3. The van der Waals surface area contributed by atoms with Gasteiger partial charge in [-0.2, -0.15) is 13.2 Å². The average Bonchev–Trinajstić information content (AvgIpc) is 2.60. The van der Waals surface area contributed by atoms with Gasteiger partial charge in [0.2, 0.25) is 0 Å². The molecular weight excluding hydrogens is 351 g/mol. The van der Waals surface area contributed by atoms with Gasteiger partial charge in [-0.05, 0) is 23.3 Å². The second-order valence-electron chi connectivity index (χ2n) is 5.02. The Morgan fingerprint density at radius 2 is 1.27 bits per heavy atom. The number of nitrogens with two attached hydrogens (primary N) is 1. The molecule has 8 heteroatoms. The number of halogens is 3. The van der Waals surface area contributed by atoms with Crippen LogP contribution in [-0.2, 0) is 15.8 Å². The van der Waals surface area contributed by atoms with Gasteiger partial charge in [0.15, 0.2) is 0 Å². The summed E-state index contributed by atoms with van der Waals surface area (Å²) >= 11 is 0. The van der Waals surface area contributed by atoms with Crippen molar-refractivity contribution in [2.45, 2.75) is 12.2 Å². The van der Waals surface area contributed by atoms with E-state index in [1.807, 2.05) is 30.3 Å². The summed E-state index contributed by atoms with van der Waals surface area (Å²) in [6.45, 7) is 0. The van der Waals surface area contributed by atoms with E-state index in [1.54, 1.807) is 0 Å². The summed E-state index contributed by atoms with van der Waals surface area (Å²) in [4.78, 5) is 19.1. The molecule has 2 rings (SSSR count). The fraction of sp³-hybridized carbons (Fsp3) is 0.111. The summed E-state index contributed by atoms with van der Waals surface area (Å²) in [5, 5.41) is 15.6. The molecule has 4 N–H and O–H groups in total. The van der Waals surface area contributed by atoms with Crippen molar-refractivity contribution in [1.82, 2.24) is 0 Å². The molecule has 0 bridgehead atoms. The number of hydrogen-bond acceptors (Lipinski definition) is 3. The van der Waals surface area contributed by atoms with Gasteiger partial charge < -0.3 is 15.9 Å². The van der Waals surface area contributed by atoms with Gasteiger partial charge in [0.05, 0.1) is 11.6 Å². The third-order valence-electron chi connectivity index (χ3n) is 3.12. The van der Waals surface area contributed by atoms with Gasteiger partial charge in [0.25, 0.3) is 0 Å². The molecule has 0 aromatic heterocycles. The molecule has 0 spiro atoms. The fourth-order valence-electron chi connectivity index (χ4n) is 1.87. The van der Waals surface area contributed by atoms with Crippen LogP contribution < -0.4 is 5.73 Å². The van der Waals surface area contributed by atoms with Gasteiger partial charge in [-0.15, -0.1) is 0 Å². The minimum atomic E-state index is -4.31. The van der Waals surface area contributed by atoms with Crippen molar-refractivity contribution in [3.63, 3.8) is 0 Å². The summed E-state index contributed by atoms with van der Waals surface area (Å²) in [6.07, 6.45) is -3.19. The molecule has 0 saturated carbocycles. The van der Waals surface area contributed by atoms with Crippen LogP contribution >= 0.6 is 0 Å². The zero-order chi connectivity index (χ0) is 19.7. The quantitative estimate of drug-likeness (QED) is 0.719. The lowest BCUT2D eigenvalue weighted by Gasteiger charge is -2.13. The highest BCUT2D eigenvalue weighted by Crippen LogP contribution is 2.30. The predicted octanol–water partition coefficient (Wildman–Crippen LogP) is 3.47. The van der Waals surface area contributed by atoms with E-state index >= 15 is 0 Å². The van der Waals surface area contributed by atoms with Crippen LogP contribution in [0.25, 0.3) is 0 Å². The molecule has 1 atom stereocenters. The molecule has 2 aromatic rings. The Labute approximate surface area is 147 Å². The van der Waals surface area contributed by atoms with Crippen LogP contribution in [0.2, 0.25) is 0 Å². The number of alkyl halides is 3. The lowest BCUT2D eigenvalue weighted by Crippen LogP contribution is -2.12. The molecule has 5 nitrogen and oxygen atoms in total. The van der Waals surface area contributed by atoms with Crippen molar-refractivity contribution in [2.24, 2.45) is 5.73 Å². The maximum absolute atomic E-state index is 12.4. The fourth-order valence-corrected chi connectivity index (χ4v) is 1.87. The van der Waals surface area contributed by atoms with Crippen LogP contribution in [-0.4, -0.2) is 22.2 Å². The summed E-state index contributed by atoms with van der Waals surface area (Å²) in [5.41, 5.74) is 6.87. The highest BCUT2D eigenvalue weighted by molar-refractivity contribution is 5.89. The molecule has 0 aliphatic rings. The second-order valence-corrected chi connectivity index (χ2v) is 5.02. The summed E-state index contributed by atoms with van der Waals surface area (Å²) < 4.78 is 37.2. The number of carbonyl (C=O) groups is 2.